The van der Waals surface area contributed by atoms with Crippen LogP contribution in [0, 0.1) is 10.1 Å². The molecule has 21 heavy (non-hydrogen) atoms. The van der Waals surface area contributed by atoms with Crippen molar-refractivity contribution in [3.05, 3.63) is 68.7 Å². The van der Waals surface area contributed by atoms with E-state index in [0.717, 1.165) is 11.3 Å². The molecule has 0 fully saturated rings. The van der Waals surface area contributed by atoms with Gasteiger partial charge in [0.2, 0.25) is 0 Å². The van der Waals surface area contributed by atoms with E-state index in [2.05, 4.69) is 0 Å². The zero-order chi connectivity index (χ0) is 15.0. The summed E-state index contributed by atoms with van der Waals surface area (Å²) in [4.78, 5) is 24.5. The van der Waals surface area contributed by atoms with E-state index < -0.39 is 4.92 Å². The highest BCUT2D eigenvalue weighted by molar-refractivity contribution is 6.31. The molecule has 0 aromatic heterocycles. The maximum Gasteiger partial charge on any atom is 0.269 e. The lowest BCUT2D eigenvalue weighted by molar-refractivity contribution is -0.384. The SMILES string of the molecule is O=C(c1cccc(Cl)c1)N1CCc2cc([N+](=O)[O-])ccc21. The lowest BCUT2D eigenvalue weighted by atomic mass is 10.1. The van der Waals surface area contributed by atoms with Crippen molar-refractivity contribution in [1.82, 2.24) is 0 Å². The summed E-state index contributed by atoms with van der Waals surface area (Å²) in [6.45, 7) is 0.516. The predicted molar refractivity (Wildman–Crippen MR) is 79.9 cm³/mol. The zero-order valence-electron chi connectivity index (χ0n) is 11.0. The summed E-state index contributed by atoms with van der Waals surface area (Å²) in [7, 11) is 0. The molecule has 0 atom stereocenters. The van der Waals surface area contributed by atoms with Crippen LogP contribution in [0.15, 0.2) is 42.5 Å². The van der Waals surface area contributed by atoms with E-state index in [9.17, 15) is 14.9 Å². The Labute approximate surface area is 125 Å². The second-order valence-electron chi connectivity index (χ2n) is 4.79. The molecule has 0 bridgehead atoms. The fourth-order valence-corrected chi connectivity index (χ4v) is 2.68. The van der Waals surface area contributed by atoms with Gasteiger partial charge in [0.1, 0.15) is 0 Å². The number of carbonyl (C=O) groups is 1. The first-order chi connectivity index (χ1) is 10.1. The van der Waals surface area contributed by atoms with Crippen molar-refractivity contribution >= 4 is 28.9 Å². The van der Waals surface area contributed by atoms with Gasteiger partial charge in [-0.05, 0) is 36.2 Å². The standard InChI is InChI=1S/C15H11ClN2O3/c16-12-3-1-2-11(8-12)15(19)17-7-6-10-9-13(18(20)21)4-5-14(10)17/h1-5,8-9H,6-7H2. The Morgan fingerprint density at radius 3 is 2.76 bits per heavy atom. The van der Waals surface area contributed by atoms with E-state index >= 15 is 0 Å². The Morgan fingerprint density at radius 2 is 2.05 bits per heavy atom. The highest BCUT2D eigenvalue weighted by Crippen LogP contribution is 2.32. The van der Waals surface area contributed by atoms with Crippen LogP contribution in [0.2, 0.25) is 5.02 Å². The Balaban J connectivity index is 1.94. The molecule has 106 valence electrons. The molecule has 1 aliphatic rings. The molecule has 0 saturated carbocycles. The third kappa shape index (κ3) is 2.48. The number of non-ortho nitro benzene ring substituents is 1. The molecule has 3 rings (SSSR count). The van der Waals surface area contributed by atoms with Gasteiger partial charge in [0.15, 0.2) is 0 Å². The molecule has 1 aliphatic heterocycles. The Kier molecular flexibility index (Phi) is 3.35. The number of halogens is 1. The first-order valence-corrected chi connectivity index (χ1v) is 6.79. The van der Waals surface area contributed by atoms with Gasteiger partial charge in [0, 0.05) is 35.0 Å². The van der Waals surface area contributed by atoms with Crippen molar-refractivity contribution < 1.29 is 9.72 Å². The van der Waals surface area contributed by atoms with Crippen LogP contribution in [0.3, 0.4) is 0 Å². The largest absolute Gasteiger partial charge is 0.308 e. The average molecular weight is 303 g/mol. The maximum atomic E-state index is 12.5. The molecular weight excluding hydrogens is 292 g/mol. The Hall–Kier alpha value is -2.40. The van der Waals surface area contributed by atoms with Gasteiger partial charge >= 0.3 is 0 Å². The number of hydrogen-bond donors (Lipinski definition) is 0. The second kappa shape index (κ2) is 5.18. The van der Waals surface area contributed by atoms with E-state index in [1.54, 1.807) is 35.2 Å². The van der Waals surface area contributed by atoms with E-state index in [1.807, 2.05) is 0 Å². The van der Waals surface area contributed by atoms with Crippen molar-refractivity contribution in [1.29, 1.82) is 0 Å². The minimum atomic E-state index is -0.429. The molecule has 1 amide bonds. The van der Waals surface area contributed by atoms with Crippen molar-refractivity contribution in [3.8, 4) is 0 Å². The van der Waals surface area contributed by atoms with Gasteiger partial charge in [-0.15, -0.1) is 0 Å². The fraction of sp³-hybridized carbons (Fsp3) is 0.133. The number of amides is 1. The maximum absolute atomic E-state index is 12.5. The lowest BCUT2D eigenvalue weighted by Gasteiger charge is -2.17. The summed E-state index contributed by atoms with van der Waals surface area (Å²) in [5.41, 5.74) is 2.10. The summed E-state index contributed by atoms with van der Waals surface area (Å²) in [6.07, 6.45) is 0.614. The fourth-order valence-electron chi connectivity index (χ4n) is 2.49. The summed E-state index contributed by atoms with van der Waals surface area (Å²) in [5, 5.41) is 11.3. The highest BCUT2D eigenvalue weighted by atomic mass is 35.5. The molecule has 0 unspecified atom stereocenters. The van der Waals surface area contributed by atoms with Crippen LogP contribution >= 0.6 is 11.6 Å². The van der Waals surface area contributed by atoms with E-state index in [4.69, 9.17) is 11.6 Å². The molecule has 0 spiro atoms. The van der Waals surface area contributed by atoms with Gasteiger partial charge in [-0.25, -0.2) is 0 Å². The van der Waals surface area contributed by atoms with Crippen LogP contribution in [-0.4, -0.2) is 17.4 Å². The summed E-state index contributed by atoms with van der Waals surface area (Å²) in [6, 6.07) is 11.3. The van der Waals surface area contributed by atoms with E-state index in [-0.39, 0.29) is 11.6 Å². The molecule has 2 aromatic rings. The molecule has 0 N–H and O–H groups in total. The van der Waals surface area contributed by atoms with Gasteiger partial charge in [-0.1, -0.05) is 17.7 Å². The van der Waals surface area contributed by atoms with E-state index in [1.165, 1.54) is 12.1 Å². The highest BCUT2D eigenvalue weighted by Gasteiger charge is 2.27. The Morgan fingerprint density at radius 1 is 1.24 bits per heavy atom. The number of benzene rings is 2. The lowest BCUT2D eigenvalue weighted by Crippen LogP contribution is -2.28. The van der Waals surface area contributed by atoms with Gasteiger partial charge in [-0.2, -0.15) is 0 Å². The number of carbonyl (C=O) groups excluding carboxylic acids is 1. The third-order valence-corrected chi connectivity index (χ3v) is 3.72. The van der Waals surface area contributed by atoms with E-state index in [0.29, 0.717) is 23.6 Å². The molecule has 1 heterocycles. The molecule has 2 aromatic carbocycles. The number of hydrogen-bond acceptors (Lipinski definition) is 3. The second-order valence-corrected chi connectivity index (χ2v) is 5.22. The predicted octanol–water partition coefficient (Wildman–Crippen LogP) is 3.45. The summed E-state index contributed by atoms with van der Waals surface area (Å²) >= 11 is 5.91. The quantitative estimate of drug-likeness (QED) is 0.630. The number of nitrogens with zero attached hydrogens (tertiary/aromatic N) is 2. The number of nitro benzene ring substituents is 1. The van der Waals surface area contributed by atoms with Crippen molar-refractivity contribution in [2.45, 2.75) is 6.42 Å². The molecule has 0 saturated heterocycles. The molecule has 0 aliphatic carbocycles. The minimum Gasteiger partial charge on any atom is -0.308 e. The third-order valence-electron chi connectivity index (χ3n) is 3.49. The molecule has 0 radical (unpaired) electrons. The van der Waals surface area contributed by atoms with Crippen molar-refractivity contribution in [2.24, 2.45) is 0 Å². The van der Waals surface area contributed by atoms with Crippen molar-refractivity contribution in [3.63, 3.8) is 0 Å². The number of anilines is 1. The van der Waals surface area contributed by atoms with Crippen LogP contribution in [0.25, 0.3) is 0 Å². The number of fused-ring (bicyclic) bond motifs is 1. The minimum absolute atomic E-state index is 0.0470. The zero-order valence-corrected chi connectivity index (χ0v) is 11.7. The van der Waals surface area contributed by atoms with Crippen LogP contribution < -0.4 is 4.90 Å². The smallest absolute Gasteiger partial charge is 0.269 e. The monoisotopic (exact) mass is 302 g/mol. The molecule has 6 heteroatoms. The van der Waals surface area contributed by atoms with Gasteiger partial charge in [0.05, 0.1) is 4.92 Å². The Bertz CT molecular complexity index is 745. The first kappa shape index (κ1) is 13.6. The summed E-state index contributed by atoms with van der Waals surface area (Å²) < 4.78 is 0. The number of rotatable bonds is 2. The van der Waals surface area contributed by atoms with Crippen LogP contribution in [-0.2, 0) is 6.42 Å². The van der Waals surface area contributed by atoms with Crippen LogP contribution in [0.4, 0.5) is 11.4 Å². The topological polar surface area (TPSA) is 63.5 Å². The average Bonchev–Trinajstić information content (AvgIpc) is 2.89. The molecular formula is C15H11ClN2O3. The van der Waals surface area contributed by atoms with Gasteiger partial charge < -0.3 is 4.90 Å². The first-order valence-electron chi connectivity index (χ1n) is 6.41. The number of nitro groups is 1. The normalized spacial score (nSPS) is 13.1. The molecule has 5 nitrogen and oxygen atoms in total. The van der Waals surface area contributed by atoms with Gasteiger partial charge in [0.25, 0.3) is 11.6 Å². The van der Waals surface area contributed by atoms with Crippen LogP contribution in [0.5, 0.6) is 0 Å². The van der Waals surface area contributed by atoms with Crippen molar-refractivity contribution in [2.75, 3.05) is 11.4 Å². The van der Waals surface area contributed by atoms with Gasteiger partial charge in [-0.3, -0.25) is 14.9 Å². The summed E-state index contributed by atoms with van der Waals surface area (Å²) in [5.74, 6) is -0.148. The van der Waals surface area contributed by atoms with Crippen LogP contribution in [0.1, 0.15) is 15.9 Å².